The summed E-state index contributed by atoms with van der Waals surface area (Å²) in [4.78, 5) is 4.36. The molecule has 4 rings (SSSR count). The summed E-state index contributed by atoms with van der Waals surface area (Å²) in [7, 11) is 0. The summed E-state index contributed by atoms with van der Waals surface area (Å²) in [6.07, 6.45) is 0.967. The average Bonchev–Trinajstić information content (AvgIpc) is 3.23. The average molecular weight is 427 g/mol. The van der Waals surface area contributed by atoms with Crippen LogP contribution in [-0.2, 0) is 6.54 Å². The summed E-state index contributed by atoms with van der Waals surface area (Å²) < 4.78 is 29.7. The van der Waals surface area contributed by atoms with Crippen molar-refractivity contribution in [2.24, 2.45) is 5.92 Å². The van der Waals surface area contributed by atoms with Gasteiger partial charge < -0.3 is 4.90 Å². The highest BCUT2D eigenvalue weighted by Crippen LogP contribution is 2.30. The molecule has 0 saturated carbocycles. The first kappa shape index (κ1) is 21.4. The van der Waals surface area contributed by atoms with Gasteiger partial charge in [-0.3, -0.25) is 4.90 Å². The number of rotatable bonds is 7. The van der Waals surface area contributed by atoms with E-state index in [1.165, 1.54) is 18.2 Å². The minimum Gasteiger partial charge on any atom is -0.367 e. The molecule has 0 N–H and O–H groups in total. The molecule has 1 aromatic heterocycles. The molecule has 1 fully saturated rings. The molecule has 1 atom stereocenters. The second kappa shape index (κ2) is 9.51. The lowest BCUT2D eigenvalue weighted by atomic mass is 10.0. The fourth-order valence-corrected chi connectivity index (χ4v) is 4.04. The maximum absolute atomic E-state index is 14.2. The first-order valence-corrected chi connectivity index (χ1v) is 10.8. The molecule has 164 valence electrons. The molecule has 8 heteroatoms. The highest BCUT2D eigenvalue weighted by molar-refractivity contribution is 5.48. The normalized spacial score (nSPS) is 16.1. The Bertz CT molecular complexity index is 980. The number of para-hydroxylation sites is 1. The summed E-state index contributed by atoms with van der Waals surface area (Å²) in [6, 6.07) is 13.2. The topological polar surface area (TPSA) is 50.1 Å². The molecule has 0 amide bonds. The first-order chi connectivity index (χ1) is 15.0. The number of halogens is 2. The molecule has 1 aliphatic heterocycles. The fraction of sp³-hybridized carbons (Fsp3) is 0.435. The lowest BCUT2D eigenvalue weighted by molar-refractivity contribution is 0.199. The zero-order valence-electron chi connectivity index (χ0n) is 18.0. The third-order valence-electron chi connectivity index (χ3n) is 5.78. The highest BCUT2D eigenvalue weighted by Gasteiger charge is 2.31. The van der Waals surface area contributed by atoms with E-state index in [-0.39, 0.29) is 17.7 Å². The van der Waals surface area contributed by atoms with Crippen molar-refractivity contribution >= 4 is 5.69 Å². The molecular formula is C23H28F2N6. The number of anilines is 1. The van der Waals surface area contributed by atoms with E-state index in [1.54, 1.807) is 18.2 Å². The van der Waals surface area contributed by atoms with Gasteiger partial charge in [0.2, 0.25) is 0 Å². The molecule has 1 aliphatic rings. The maximum Gasteiger partial charge on any atom is 0.173 e. The molecule has 0 unspecified atom stereocenters. The Balaban J connectivity index is 1.59. The van der Waals surface area contributed by atoms with Crippen LogP contribution in [-0.4, -0.2) is 51.3 Å². The third-order valence-corrected chi connectivity index (χ3v) is 5.78. The zero-order valence-corrected chi connectivity index (χ0v) is 18.0. The largest absolute Gasteiger partial charge is 0.367 e. The minimum atomic E-state index is -0.272. The summed E-state index contributed by atoms with van der Waals surface area (Å²) in [6.45, 7) is 7.87. The van der Waals surface area contributed by atoms with Crippen molar-refractivity contribution in [1.82, 2.24) is 25.1 Å². The second-order valence-corrected chi connectivity index (χ2v) is 8.37. The number of hydrogen-bond donors (Lipinski definition) is 0. The van der Waals surface area contributed by atoms with Gasteiger partial charge in [-0.25, -0.2) is 13.5 Å². The van der Waals surface area contributed by atoms with E-state index in [4.69, 9.17) is 0 Å². The minimum absolute atomic E-state index is 0.189. The maximum atomic E-state index is 14.2. The summed E-state index contributed by atoms with van der Waals surface area (Å²) in [5.41, 5.74) is 1.57. The zero-order chi connectivity index (χ0) is 21.8. The van der Waals surface area contributed by atoms with E-state index in [2.05, 4.69) is 39.2 Å². The van der Waals surface area contributed by atoms with Gasteiger partial charge in [0.25, 0.3) is 0 Å². The SMILES string of the molecule is CC(C)CCn1nnnc1[C@H](c1ccc(F)cc1)N1CCN(c2ccccc2F)CC1. The molecule has 31 heavy (non-hydrogen) atoms. The molecule has 6 nitrogen and oxygen atoms in total. The van der Waals surface area contributed by atoms with Gasteiger partial charge >= 0.3 is 0 Å². The summed E-state index contributed by atoms with van der Waals surface area (Å²) in [5, 5.41) is 12.5. The van der Waals surface area contributed by atoms with Crippen LogP contribution in [0.1, 0.15) is 37.7 Å². The van der Waals surface area contributed by atoms with Crippen molar-refractivity contribution in [1.29, 1.82) is 0 Å². The summed E-state index contributed by atoms with van der Waals surface area (Å²) >= 11 is 0. The Morgan fingerprint density at radius 2 is 1.65 bits per heavy atom. The van der Waals surface area contributed by atoms with Crippen LogP contribution >= 0.6 is 0 Å². The Morgan fingerprint density at radius 3 is 2.32 bits per heavy atom. The molecule has 2 aromatic carbocycles. The lowest BCUT2D eigenvalue weighted by Crippen LogP contribution is -2.48. The Kier molecular flexibility index (Phi) is 6.56. The van der Waals surface area contributed by atoms with Crippen LogP contribution < -0.4 is 4.90 Å². The van der Waals surface area contributed by atoms with E-state index >= 15 is 0 Å². The van der Waals surface area contributed by atoms with E-state index < -0.39 is 0 Å². The van der Waals surface area contributed by atoms with Crippen LogP contribution in [0.3, 0.4) is 0 Å². The third kappa shape index (κ3) is 4.90. The second-order valence-electron chi connectivity index (χ2n) is 8.37. The van der Waals surface area contributed by atoms with Crippen LogP contribution in [0, 0.1) is 17.6 Å². The van der Waals surface area contributed by atoms with Gasteiger partial charge in [-0.05, 0) is 52.6 Å². The van der Waals surface area contributed by atoms with Crippen molar-refractivity contribution in [3.8, 4) is 0 Å². The number of nitrogens with zero attached hydrogens (tertiary/aromatic N) is 6. The number of benzene rings is 2. The van der Waals surface area contributed by atoms with Crippen LogP contribution in [0.5, 0.6) is 0 Å². The van der Waals surface area contributed by atoms with Crippen LogP contribution in [0.2, 0.25) is 0 Å². The predicted octanol–water partition coefficient (Wildman–Crippen LogP) is 3.91. The van der Waals surface area contributed by atoms with Crippen LogP contribution in [0.15, 0.2) is 48.5 Å². The first-order valence-electron chi connectivity index (χ1n) is 10.8. The fourth-order valence-electron chi connectivity index (χ4n) is 4.04. The number of tetrazole rings is 1. The molecule has 2 heterocycles. The molecule has 3 aromatic rings. The van der Waals surface area contributed by atoms with Crippen LogP contribution in [0.4, 0.5) is 14.5 Å². The van der Waals surface area contributed by atoms with E-state index in [1.807, 2.05) is 16.8 Å². The summed E-state index contributed by atoms with van der Waals surface area (Å²) in [5.74, 6) is 0.812. The van der Waals surface area contributed by atoms with E-state index in [9.17, 15) is 8.78 Å². The molecule has 0 radical (unpaired) electrons. The number of piperazine rings is 1. The monoisotopic (exact) mass is 426 g/mol. The number of aromatic nitrogens is 4. The van der Waals surface area contributed by atoms with Gasteiger partial charge in [0.15, 0.2) is 5.82 Å². The molecule has 0 bridgehead atoms. The van der Waals surface area contributed by atoms with Gasteiger partial charge in [0, 0.05) is 32.7 Å². The van der Waals surface area contributed by atoms with Crippen molar-refractivity contribution in [3.63, 3.8) is 0 Å². The Labute approximate surface area is 181 Å². The molecule has 1 saturated heterocycles. The number of hydrogen-bond acceptors (Lipinski definition) is 5. The van der Waals surface area contributed by atoms with Gasteiger partial charge in [0.05, 0.1) is 11.7 Å². The van der Waals surface area contributed by atoms with Gasteiger partial charge in [-0.15, -0.1) is 5.10 Å². The Morgan fingerprint density at radius 1 is 0.935 bits per heavy atom. The van der Waals surface area contributed by atoms with Crippen molar-refractivity contribution < 1.29 is 8.78 Å². The lowest BCUT2D eigenvalue weighted by Gasteiger charge is -2.40. The van der Waals surface area contributed by atoms with Crippen molar-refractivity contribution in [2.75, 3.05) is 31.1 Å². The smallest absolute Gasteiger partial charge is 0.173 e. The molecular weight excluding hydrogens is 398 g/mol. The van der Waals surface area contributed by atoms with Crippen molar-refractivity contribution in [2.45, 2.75) is 32.9 Å². The molecule has 0 spiro atoms. The number of aryl methyl sites for hydroxylation is 1. The quantitative estimate of drug-likeness (QED) is 0.573. The van der Waals surface area contributed by atoms with Crippen molar-refractivity contribution in [3.05, 3.63) is 71.6 Å². The molecule has 0 aliphatic carbocycles. The van der Waals surface area contributed by atoms with Gasteiger partial charge in [-0.2, -0.15) is 0 Å². The van der Waals surface area contributed by atoms with Crippen LogP contribution in [0.25, 0.3) is 0 Å². The highest BCUT2D eigenvalue weighted by atomic mass is 19.1. The van der Waals surface area contributed by atoms with Gasteiger partial charge in [0.1, 0.15) is 11.6 Å². The van der Waals surface area contributed by atoms with Gasteiger partial charge in [-0.1, -0.05) is 38.1 Å². The predicted molar refractivity (Wildman–Crippen MR) is 116 cm³/mol. The van der Waals surface area contributed by atoms with E-state index in [0.29, 0.717) is 37.8 Å². The Hall–Kier alpha value is -2.87. The van der Waals surface area contributed by atoms with E-state index in [0.717, 1.165) is 24.4 Å². The standard InChI is InChI=1S/C23H28F2N6/c1-17(2)11-12-31-23(26-27-28-31)22(18-7-9-19(24)10-8-18)30-15-13-29(14-16-30)21-6-4-3-5-20(21)25/h3-10,17,22H,11-16H2,1-2H3/t22-/m0/s1.